The van der Waals surface area contributed by atoms with Gasteiger partial charge in [-0.2, -0.15) is 26.3 Å². The van der Waals surface area contributed by atoms with E-state index in [4.69, 9.17) is 16.3 Å². The van der Waals surface area contributed by atoms with Gasteiger partial charge in [-0.15, -0.1) is 0 Å². The fourth-order valence-corrected chi connectivity index (χ4v) is 6.75. The van der Waals surface area contributed by atoms with Crippen molar-refractivity contribution in [2.45, 2.75) is 56.9 Å². The predicted molar refractivity (Wildman–Crippen MR) is 129 cm³/mol. The number of nitrogens with zero attached hydrogens (tertiary/aromatic N) is 1. The van der Waals surface area contributed by atoms with Crippen LogP contribution < -0.4 is 4.90 Å². The summed E-state index contributed by atoms with van der Waals surface area (Å²) in [5.41, 5.74) is -3.73. The van der Waals surface area contributed by atoms with Gasteiger partial charge >= 0.3 is 12.4 Å². The second kappa shape index (κ2) is 9.63. The van der Waals surface area contributed by atoms with Gasteiger partial charge in [0.2, 0.25) is 11.8 Å². The van der Waals surface area contributed by atoms with Crippen LogP contribution in [-0.4, -0.2) is 27.8 Å². The van der Waals surface area contributed by atoms with Crippen LogP contribution in [0.25, 0.3) is 0 Å². The molecule has 2 aliphatic heterocycles. The average Bonchev–Trinajstić information content (AvgIpc) is 3.32. The van der Waals surface area contributed by atoms with E-state index in [2.05, 4.69) is 0 Å². The highest BCUT2D eigenvalue weighted by molar-refractivity contribution is 6.31. The molecule has 0 unspecified atom stereocenters. The Labute approximate surface area is 229 Å². The summed E-state index contributed by atoms with van der Waals surface area (Å²) in [6.45, 7) is 1.84. The third kappa shape index (κ3) is 4.63. The quantitative estimate of drug-likeness (QED) is 0.314. The number of carbonyl (C=O) groups is 2. The lowest BCUT2D eigenvalue weighted by Gasteiger charge is -2.44. The number of carbonyl (C=O) groups excluding carboxylic acids is 2. The lowest BCUT2D eigenvalue weighted by molar-refractivity contribution is -0.270. The molecule has 1 saturated carbocycles. The number of ether oxygens (including phenoxy) is 1. The first-order valence-corrected chi connectivity index (χ1v) is 13.0. The molecule has 216 valence electrons. The standard InChI is InChI=1S/C27H24ClF6NO5/c1-2-3-12-9-18-22(19-11-21(40-25(12,19)39)17-5-4-16(36)10-20(17)28)24(38)35(23(18)37)15-7-13(26(29,30)31)6-14(8-15)27(32,33)34/h4-8,10,12,18-19,21-22,36,39H,2-3,9,11H2,1H3/t12-,18-,19-,21-,22-,25+/m0/s1. The fraction of sp³-hybridized carbons (Fsp3) is 0.481. The van der Waals surface area contributed by atoms with Crippen LogP contribution in [0.1, 0.15) is 55.4 Å². The Morgan fingerprint density at radius 2 is 1.62 bits per heavy atom. The number of phenols is 1. The first-order chi connectivity index (χ1) is 18.6. The summed E-state index contributed by atoms with van der Waals surface area (Å²) >= 11 is 6.28. The molecule has 6 atom stereocenters. The SMILES string of the molecule is CCC[C@H]1C[C@@H]2C(=O)N(c3cc(C(F)(F)F)cc(C(F)(F)F)c3)C(=O)[C@@H]2[C@@H]2C[C@@H](c3ccc(O)cc3Cl)O[C@]12O. The number of amides is 2. The molecule has 0 radical (unpaired) electrons. The number of aromatic hydroxyl groups is 1. The Hall–Kier alpha value is -2.83. The van der Waals surface area contributed by atoms with E-state index < -0.39 is 76.5 Å². The predicted octanol–water partition coefficient (Wildman–Crippen LogP) is 6.48. The van der Waals surface area contributed by atoms with Crippen LogP contribution in [0.2, 0.25) is 5.02 Å². The maximum Gasteiger partial charge on any atom is 0.416 e. The van der Waals surface area contributed by atoms with Crippen molar-refractivity contribution in [1.29, 1.82) is 0 Å². The molecule has 1 aliphatic carbocycles. The molecule has 2 aromatic carbocycles. The summed E-state index contributed by atoms with van der Waals surface area (Å²) in [6.07, 6.45) is -10.3. The van der Waals surface area contributed by atoms with Crippen LogP contribution in [0.5, 0.6) is 5.75 Å². The van der Waals surface area contributed by atoms with Crippen LogP contribution >= 0.6 is 11.6 Å². The van der Waals surface area contributed by atoms with Crippen LogP contribution in [0.4, 0.5) is 32.0 Å². The van der Waals surface area contributed by atoms with Gasteiger partial charge in [0.05, 0.1) is 39.8 Å². The molecular weight excluding hydrogens is 568 g/mol. The number of imide groups is 1. The molecule has 13 heteroatoms. The van der Waals surface area contributed by atoms with Gasteiger partial charge in [0.15, 0.2) is 5.79 Å². The molecule has 0 spiro atoms. The van der Waals surface area contributed by atoms with Crippen molar-refractivity contribution in [1.82, 2.24) is 0 Å². The average molecular weight is 592 g/mol. The van der Waals surface area contributed by atoms with Gasteiger partial charge in [-0.05, 0) is 55.2 Å². The topological polar surface area (TPSA) is 87.1 Å². The van der Waals surface area contributed by atoms with Crippen LogP contribution in [0.15, 0.2) is 36.4 Å². The van der Waals surface area contributed by atoms with Gasteiger partial charge in [0.25, 0.3) is 0 Å². The summed E-state index contributed by atoms with van der Waals surface area (Å²) in [7, 11) is 0. The van der Waals surface area contributed by atoms with E-state index in [0.717, 1.165) is 0 Å². The van der Waals surface area contributed by atoms with Gasteiger partial charge in [0, 0.05) is 11.8 Å². The summed E-state index contributed by atoms with van der Waals surface area (Å²) in [6, 6.07) is 4.75. The van der Waals surface area contributed by atoms with E-state index in [1.165, 1.54) is 18.2 Å². The number of fused-ring (bicyclic) bond motifs is 3. The first kappa shape index (κ1) is 28.7. The highest BCUT2D eigenvalue weighted by Gasteiger charge is 2.66. The van der Waals surface area contributed by atoms with Crippen LogP contribution in [0, 0.1) is 23.7 Å². The number of alkyl halides is 6. The van der Waals surface area contributed by atoms with Crippen molar-refractivity contribution in [2.75, 3.05) is 4.90 Å². The summed E-state index contributed by atoms with van der Waals surface area (Å²) in [4.78, 5) is 27.6. The number of hydrogen-bond acceptors (Lipinski definition) is 5. The van der Waals surface area contributed by atoms with E-state index in [-0.39, 0.29) is 29.7 Å². The number of aliphatic hydroxyl groups is 1. The molecule has 2 aromatic rings. The summed E-state index contributed by atoms with van der Waals surface area (Å²) in [5, 5.41) is 21.6. The Kier molecular flexibility index (Phi) is 6.91. The molecule has 40 heavy (non-hydrogen) atoms. The van der Waals surface area contributed by atoms with E-state index >= 15 is 0 Å². The van der Waals surface area contributed by atoms with Crippen LogP contribution in [0.3, 0.4) is 0 Å². The van der Waals surface area contributed by atoms with E-state index in [0.29, 0.717) is 35.4 Å². The largest absolute Gasteiger partial charge is 0.508 e. The third-order valence-electron chi connectivity index (χ3n) is 8.16. The summed E-state index contributed by atoms with van der Waals surface area (Å²) < 4.78 is 87.1. The molecule has 5 rings (SSSR count). The normalized spacial score (nSPS) is 30.5. The van der Waals surface area contributed by atoms with Gasteiger partial charge < -0.3 is 14.9 Å². The first-order valence-electron chi connectivity index (χ1n) is 12.6. The lowest BCUT2D eigenvalue weighted by atomic mass is 9.63. The maximum atomic E-state index is 13.7. The van der Waals surface area contributed by atoms with Crippen molar-refractivity contribution in [3.05, 3.63) is 58.1 Å². The van der Waals surface area contributed by atoms with Crippen molar-refractivity contribution in [3.63, 3.8) is 0 Å². The zero-order chi connectivity index (χ0) is 29.4. The Bertz CT molecular complexity index is 1330. The minimum absolute atomic E-state index is 0.00558. The fourth-order valence-electron chi connectivity index (χ4n) is 6.45. The zero-order valence-corrected chi connectivity index (χ0v) is 21.6. The maximum absolute atomic E-state index is 13.7. The summed E-state index contributed by atoms with van der Waals surface area (Å²) in [5.74, 6) is -7.89. The van der Waals surface area contributed by atoms with E-state index in [9.17, 15) is 46.1 Å². The van der Waals surface area contributed by atoms with E-state index in [1.54, 1.807) is 0 Å². The Balaban J connectivity index is 1.57. The zero-order valence-electron chi connectivity index (χ0n) is 20.9. The van der Waals surface area contributed by atoms with Gasteiger partial charge in [-0.1, -0.05) is 31.0 Å². The second-order valence-electron chi connectivity index (χ2n) is 10.5. The minimum Gasteiger partial charge on any atom is -0.508 e. The molecule has 2 amide bonds. The molecule has 2 heterocycles. The number of hydrogen-bond donors (Lipinski definition) is 2. The van der Waals surface area contributed by atoms with Gasteiger partial charge in [0.1, 0.15) is 5.75 Å². The number of halogens is 7. The molecule has 2 saturated heterocycles. The number of rotatable bonds is 4. The number of anilines is 1. The highest BCUT2D eigenvalue weighted by Crippen LogP contribution is 2.60. The number of phenolic OH excluding ortho intramolecular Hbond substituents is 1. The number of benzene rings is 2. The lowest BCUT2D eigenvalue weighted by Crippen LogP contribution is -2.53. The van der Waals surface area contributed by atoms with Crippen molar-refractivity contribution in [2.24, 2.45) is 23.7 Å². The Morgan fingerprint density at radius 1 is 1.00 bits per heavy atom. The van der Waals surface area contributed by atoms with Crippen molar-refractivity contribution < 1.29 is 50.9 Å². The molecule has 6 nitrogen and oxygen atoms in total. The van der Waals surface area contributed by atoms with Crippen molar-refractivity contribution in [3.8, 4) is 5.75 Å². The molecule has 3 aliphatic rings. The molecular formula is C27H24ClF6NO5. The van der Waals surface area contributed by atoms with Gasteiger partial charge in [-0.3, -0.25) is 14.5 Å². The molecule has 2 N–H and O–H groups in total. The van der Waals surface area contributed by atoms with E-state index in [1.807, 2.05) is 6.92 Å². The highest BCUT2D eigenvalue weighted by atomic mass is 35.5. The van der Waals surface area contributed by atoms with Crippen molar-refractivity contribution >= 4 is 29.1 Å². The van der Waals surface area contributed by atoms with Gasteiger partial charge in [-0.25, -0.2) is 0 Å². The van der Waals surface area contributed by atoms with Crippen LogP contribution in [-0.2, 0) is 26.7 Å². The third-order valence-corrected chi connectivity index (χ3v) is 8.49. The molecule has 0 bridgehead atoms. The second-order valence-corrected chi connectivity index (χ2v) is 10.9. The smallest absolute Gasteiger partial charge is 0.416 e. The monoisotopic (exact) mass is 591 g/mol. The molecule has 0 aromatic heterocycles. The molecule has 3 fully saturated rings. The Morgan fingerprint density at radius 3 is 2.17 bits per heavy atom. The minimum atomic E-state index is -5.17.